The number of carbonyl (C=O) groups excluding carboxylic acids is 1. The lowest BCUT2D eigenvalue weighted by molar-refractivity contribution is -0.149. The molecule has 1 fully saturated rings. The third-order valence-electron chi connectivity index (χ3n) is 6.77. The van der Waals surface area contributed by atoms with E-state index in [9.17, 15) is 18.7 Å². The fraction of sp³-hybridized carbons (Fsp3) is 0.321. The molecule has 0 bridgehead atoms. The van der Waals surface area contributed by atoms with Crippen LogP contribution in [0.1, 0.15) is 23.7 Å². The first kappa shape index (κ1) is 26.0. The summed E-state index contributed by atoms with van der Waals surface area (Å²) < 4.78 is 68.9. The van der Waals surface area contributed by atoms with Gasteiger partial charge in [0.1, 0.15) is 25.1 Å². The summed E-state index contributed by atoms with van der Waals surface area (Å²) >= 11 is 0. The summed E-state index contributed by atoms with van der Waals surface area (Å²) in [6, 6.07) is 12.0. The summed E-state index contributed by atoms with van der Waals surface area (Å²) in [6.07, 6.45) is -0.576. The zero-order chi connectivity index (χ0) is 26.9. The molecule has 2 aliphatic rings. The molecule has 1 saturated heterocycles. The number of aliphatic hydroxyl groups excluding tert-OH is 1. The molecule has 6 nitrogen and oxygen atoms in total. The lowest BCUT2D eigenvalue weighted by Crippen LogP contribution is -2.53. The predicted molar refractivity (Wildman–Crippen MR) is 131 cm³/mol. The molecule has 10 heteroatoms. The number of hydrogen-bond acceptors (Lipinski definition) is 5. The Labute approximate surface area is 216 Å². The first-order chi connectivity index (χ1) is 18.2. The van der Waals surface area contributed by atoms with Gasteiger partial charge in [0.05, 0.1) is 6.04 Å². The maximum atomic E-state index is 15.2. The Morgan fingerprint density at radius 2 is 1.61 bits per heavy atom. The lowest BCUT2D eigenvalue weighted by atomic mass is 9.98. The van der Waals surface area contributed by atoms with E-state index in [0.29, 0.717) is 24.2 Å². The smallest absolute Gasteiger partial charge is 0.349 e. The van der Waals surface area contributed by atoms with Gasteiger partial charge >= 0.3 is 5.92 Å². The van der Waals surface area contributed by atoms with E-state index in [-0.39, 0.29) is 36.8 Å². The van der Waals surface area contributed by atoms with Crippen LogP contribution in [0.4, 0.5) is 17.6 Å². The van der Waals surface area contributed by atoms with Crippen LogP contribution in [0.15, 0.2) is 60.7 Å². The van der Waals surface area contributed by atoms with Gasteiger partial charge in [0.15, 0.2) is 17.3 Å². The Hall–Kier alpha value is -3.63. The second kappa shape index (κ2) is 10.6. The highest BCUT2D eigenvalue weighted by Gasteiger charge is 2.43. The second-order valence-electron chi connectivity index (χ2n) is 9.36. The molecule has 3 aromatic carbocycles. The van der Waals surface area contributed by atoms with Gasteiger partial charge in [-0.25, -0.2) is 8.78 Å². The average molecular weight is 531 g/mol. The number of likely N-dealkylation sites (tertiary alicyclic amines) is 1. The van der Waals surface area contributed by atoms with Crippen LogP contribution in [0.3, 0.4) is 0 Å². The summed E-state index contributed by atoms with van der Waals surface area (Å²) in [6.45, 7) is 1.86. The summed E-state index contributed by atoms with van der Waals surface area (Å²) in [5, 5.41) is 13.4. The molecule has 200 valence electrons. The number of ether oxygens (including phenoxy) is 2. The van der Waals surface area contributed by atoms with E-state index in [4.69, 9.17) is 9.47 Å². The monoisotopic (exact) mass is 530 g/mol. The topological polar surface area (TPSA) is 71.0 Å². The van der Waals surface area contributed by atoms with Gasteiger partial charge in [0.25, 0.3) is 5.91 Å². The quantitative estimate of drug-likeness (QED) is 0.422. The number of hydrogen-bond donors (Lipinski definition) is 2. The van der Waals surface area contributed by atoms with E-state index < -0.39 is 41.2 Å². The van der Waals surface area contributed by atoms with Gasteiger partial charge in [-0.1, -0.05) is 36.4 Å². The van der Waals surface area contributed by atoms with Gasteiger partial charge < -0.3 is 24.8 Å². The molecular formula is C28H26F4N2O4. The average Bonchev–Trinajstić information content (AvgIpc) is 2.90. The molecule has 0 spiro atoms. The number of rotatable bonds is 8. The highest BCUT2D eigenvalue weighted by atomic mass is 19.3. The highest BCUT2D eigenvalue weighted by molar-refractivity contribution is 5.85. The molecule has 38 heavy (non-hydrogen) atoms. The first-order valence-corrected chi connectivity index (χ1v) is 12.3. The van der Waals surface area contributed by atoms with Crippen molar-refractivity contribution < 1.29 is 36.9 Å². The van der Waals surface area contributed by atoms with Crippen LogP contribution in [0, 0.1) is 11.6 Å². The molecule has 2 unspecified atom stereocenters. The molecule has 0 aliphatic carbocycles. The summed E-state index contributed by atoms with van der Waals surface area (Å²) in [7, 11) is 0. The number of alkyl halides is 2. The van der Waals surface area contributed by atoms with Crippen LogP contribution in [-0.4, -0.2) is 54.8 Å². The molecule has 0 radical (unpaired) electrons. The zero-order valence-corrected chi connectivity index (χ0v) is 20.3. The van der Waals surface area contributed by atoms with Crippen LogP contribution in [0.25, 0.3) is 11.1 Å². The number of amides is 1. The van der Waals surface area contributed by atoms with Crippen LogP contribution in [0.2, 0.25) is 0 Å². The summed E-state index contributed by atoms with van der Waals surface area (Å²) in [4.78, 5) is 14.7. The third kappa shape index (κ3) is 5.32. The molecule has 2 atom stereocenters. The third-order valence-corrected chi connectivity index (χ3v) is 6.77. The fourth-order valence-electron chi connectivity index (χ4n) is 4.51. The van der Waals surface area contributed by atoms with Crippen molar-refractivity contribution in [2.24, 2.45) is 0 Å². The Balaban J connectivity index is 1.35. The Bertz CT molecular complexity index is 1300. The number of nitrogens with one attached hydrogen (secondary N) is 1. The molecule has 2 heterocycles. The number of nitrogens with zero attached hydrogens (tertiary/aromatic N) is 1. The molecule has 5 rings (SSSR count). The normalized spacial score (nSPS) is 16.9. The number of benzene rings is 3. The maximum absolute atomic E-state index is 15.2. The van der Waals surface area contributed by atoms with Gasteiger partial charge in [-0.3, -0.25) is 4.79 Å². The minimum absolute atomic E-state index is 0.0736. The van der Waals surface area contributed by atoms with Crippen LogP contribution < -0.4 is 14.8 Å². The van der Waals surface area contributed by atoms with Crippen molar-refractivity contribution in [2.75, 3.05) is 32.8 Å². The minimum Gasteiger partial charge on any atom is -0.486 e. The van der Waals surface area contributed by atoms with Crippen molar-refractivity contribution in [3.05, 3.63) is 83.4 Å². The largest absolute Gasteiger partial charge is 0.486 e. The van der Waals surface area contributed by atoms with E-state index in [1.165, 1.54) is 42.5 Å². The predicted octanol–water partition coefficient (Wildman–Crippen LogP) is 4.42. The van der Waals surface area contributed by atoms with Crippen molar-refractivity contribution in [1.29, 1.82) is 0 Å². The minimum atomic E-state index is -3.91. The van der Waals surface area contributed by atoms with Crippen LogP contribution in [0.5, 0.6) is 11.5 Å². The molecule has 0 aromatic heterocycles. The van der Waals surface area contributed by atoms with Gasteiger partial charge in [0, 0.05) is 12.1 Å². The number of fused-ring (bicyclic) bond motifs is 1. The molecule has 0 saturated carbocycles. The molecular weight excluding hydrogens is 504 g/mol. The molecule has 2 aliphatic heterocycles. The molecule has 1 amide bonds. The number of aliphatic hydroxyl groups is 1. The van der Waals surface area contributed by atoms with E-state index in [1.807, 2.05) is 4.90 Å². The Morgan fingerprint density at radius 1 is 0.974 bits per heavy atom. The van der Waals surface area contributed by atoms with Crippen molar-refractivity contribution in [3.63, 3.8) is 0 Å². The van der Waals surface area contributed by atoms with Crippen LogP contribution >= 0.6 is 0 Å². The Morgan fingerprint density at radius 3 is 2.24 bits per heavy atom. The van der Waals surface area contributed by atoms with Gasteiger partial charge in [-0.2, -0.15) is 8.78 Å². The van der Waals surface area contributed by atoms with Crippen molar-refractivity contribution >= 4 is 5.91 Å². The molecule has 2 N–H and O–H groups in total. The highest BCUT2D eigenvalue weighted by Crippen LogP contribution is 2.37. The van der Waals surface area contributed by atoms with Crippen molar-refractivity contribution in [1.82, 2.24) is 10.2 Å². The first-order valence-electron chi connectivity index (χ1n) is 12.3. The van der Waals surface area contributed by atoms with Gasteiger partial charge in [0.2, 0.25) is 0 Å². The maximum Gasteiger partial charge on any atom is 0.349 e. The summed E-state index contributed by atoms with van der Waals surface area (Å²) in [5.74, 6) is -6.64. The number of halogens is 4. The van der Waals surface area contributed by atoms with Crippen molar-refractivity contribution in [3.8, 4) is 22.6 Å². The van der Waals surface area contributed by atoms with E-state index in [2.05, 4.69) is 5.32 Å². The SMILES string of the molecule is O=C(NC(CN1CCC1)C(O)c1cc(F)c2c(c1)OCCO2)C(F)(F)c1ccc(-c2ccc(F)cc2)cc1. The number of carbonyl (C=O) groups is 1. The van der Waals surface area contributed by atoms with Gasteiger partial charge in [-0.15, -0.1) is 0 Å². The standard InChI is InChI=1S/C28H26F4N2O4/c29-21-8-4-18(5-9-21)17-2-6-20(7-3-17)28(31,32)27(36)33-23(16-34-10-1-11-34)25(35)19-14-22(30)26-24(15-19)37-12-13-38-26/h2-9,14-15,23,25,35H,1,10-13,16H2,(H,33,36). The fourth-order valence-corrected chi connectivity index (χ4v) is 4.51. The van der Waals surface area contributed by atoms with E-state index >= 15 is 8.78 Å². The van der Waals surface area contributed by atoms with E-state index in [0.717, 1.165) is 24.6 Å². The lowest BCUT2D eigenvalue weighted by Gasteiger charge is -2.36. The molecule has 3 aromatic rings. The zero-order valence-electron chi connectivity index (χ0n) is 20.3. The Kier molecular flexibility index (Phi) is 7.27. The summed E-state index contributed by atoms with van der Waals surface area (Å²) in [5.41, 5.74) is 0.750. The van der Waals surface area contributed by atoms with E-state index in [1.54, 1.807) is 0 Å². The van der Waals surface area contributed by atoms with Crippen molar-refractivity contribution in [2.45, 2.75) is 24.5 Å². The van der Waals surface area contributed by atoms with Gasteiger partial charge in [-0.05, 0) is 60.5 Å². The van der Waals surface area contributed by atoms with Crippen LogP contribution in [-0.2, 0) is 10.7 Å². The second-order valence-corrected chi connectivity index (χ2v) is 9.36.